The molecule has 4 aromatic carbocycles. The zero-order valence-corrected chi connectivity index (χ0v) is 31.6. The van der Waals surface area contributed by atoms with Crippen LogP contribution in [-0.2, 0) is 37.5 Å². The molecule has 1 aromatic heterocycles. The lowest BCUT2D eigenvalue weighted by Gasteiger charge is -2.43. The van der Waals surface area contributed by atoms with Crippen molar-refractivity contribution in [3.8, 4) is 0 Å². The molecule has 1 fully saturated rings. The normalized spacial score (nSPS) is 18.7. The van der Waals surface area contributed by atoms with E-state index in [0.717, 1.165) is 50.9 Å². The molecule has 0 spiro atoms. The SMILES string of the molecule is CC(C)(C)C(NC(=O)c1cc2cc(C(F)(F)P(=O)(O)O)ccc2s1)C(=O)N1Cc2ccccc2C[C@H]1C(=O)N1CCOC(c2cccc3ccccc23)C1. The number of fused-ring (bicyclic) bond motifs is 3. The molecular formula is C40H40F2N3O7PS. The molecule has 2 aliphatic rings. The van der Waals surface area contributed by atoms with E-state index in [-0.39, 0.29) is 28.8 Å². The maximum absolute atomic E-state index is 14.7. The average molecular weight is 776 g/mol. The van der Waals surface area contributed by atoms with Crippen molar-refractivity contribution in [2.75, 3.05) is 19.7 Å². The minimum absolute atomic E-state index is 0.119. The molecule has 10 nitrogen and oxygen atoms in total. The fourth-order valence-corrected chi connectivity index (χ4v) is 8.70. The molecule has 0 bridgehead atoms. The molecule has 7 rings (SSSR count). The van der Waals surface area contributed by atoms with Crippen LogP contribution in [0, 0.1) is 5.41 Å². The summed E-state index contributed by atoms with van der Waals surface area (Å²) >= 11 is 0.997. The van der Waals surface area contributed by atoms with Gasteiger partial charge in [-0.05, 0) is 56.5 Å². The Morgan fingerprint density at radius 1 is 0.926 bits per heavy atom. The lowest BCUT2D eigenvalue weighted by molar-refractivity contribution is -0.153. The van der Waals surface area contributed by atoms with Gasteiger partial charge < -0.3 is 29.6 Å². The van der Waals surface area contributed by atoms with Gasteiger partial charge in [0.05, 0.1) is 18.0 Å². The Bertz CT molecular complexity index is 2310. The topological polar surface area (TPSA) is 136 Å². The Morgan fingerprint density at radius 3 is 2.37 bits per heavy atom. The van der Waals surface area contributed by atoms with Crippen molar-refractivity contribution >= 4 is 57.5 Å². The number of alkyl halides is 2. The summed E-state index contributed by atoms with van der Waals surface area (Å²) in [4.78, 5) is 65.0. The van der Waals surface area contributed by atoms with Gasteiger partial charge in [-0.3, -0.25) is 18.9 Å². The number of hydrogen-bond donors (Lipinski definition) is 3. The van der Waals surface area contributed by atoms with Crippen molar-refractivity contribution in [1.29, 1.82) is 0 Å². The van der Waals surface area contributed by atoms with Crippen LogP contribution < -0.4 is 5.32 Å². The Balaban J connectivity index is 1.16. The summed E-state index contributed by atoms with van der Waals surface area (Å²) in [5.74, 6) is -1.27. The molecule has 282 valence electrons. The third kappa shape index (κ3) is 7.19. The second-order valence-corrected chi connectivity index (χ2v) is 17.6. The molecule has 3 amide bonds. The van der Waals surface area contributed by atoms with E-state index in [0.29, 0.717) is 30.8 Å². The number of nitrogens with one attached hydrogen (secondary N) is 1. The maximum Gasteiger partial charge on any atom is 0.399 e. The van der Waals surface area contributed by atoms with Gasteiger partial charge in [0, 0.05) is 29.8 Å². The number of nitrogens with zero attached hydrogens (tertiary/aromatic N) is 2. The van der Waals surface area contributed by atoms with E-state index in [1.165, 1.54) is 12.1 Å². The van der Waals surface area contributed by atoms with E-state index < -0.39 is 48.1 Å². The van der Waals surface area contributed by atoms with E-state index in [9.17, 15) is 37.5 Å². The monoisotopic (exact) mass is 775 g/mol. The average Bonchev–Trinajstić information content (AvgIpc) is 3.59. The fraction of sp³-hybridized carbons (Fsp3) is 0.325. The summed E-state index contributed by atoms with van der Waals surface area (Å²) in [7, 11) is -5.80. The minimum Gasteiger partial charge on any atom is -0.370 e. The van der Waals surface area contributed by atoms with Crippen LogP contribution in [0.2, 0.25) is 0 Å². The van der Waals surface area contributed by atoms with Gasteiger partial charge in [-0.2, -0.15) is 8.78 Å². The smallest absolute Gasteiger partial charge is 0.370 e. The first-order valence-electron chi connectivity index (χ1n) is 17.6. The van der Waals surface area contributed by atoms with Crippen molar-refractivity contribution in [2.24, 2.45) is 5.41 Å². The van der Waals surface area contributed by atoms with Crippen molar-refractivity contribution in [3.05, 3.63) is 118 Å². The zero-order chi connectivity index (χ0) is 38.6. The van der Waals surface area contributed by atoms with E-state index in [1.807, 2.05) is 87.5 Å². The summed E-state index contributed by atoms with van der Waals surface area (Å²) in [5.41, 5.74) is -3.25. The zero-order valence-electron chi connectivity index (χ0n) is 29.9. The summed E-state index contributed by atoms with van der Waals surface area (Å²) < 4.78 is 47.0. The second-order valence-electron chi connectivity index (χ2n) is 14.9. The quantitative estimate of drug-likeness (QED) is 0.152. The number of ether oxygens (including phenoxy) is 1. The third-order valence-corrected chi connectivity index (χ3v) is 12.3. The molecule has 2 aliphatic heterocycles. The van der Waals surface area contributed by atoms with E-state index in [4.69, 9.17) is 4.74 Å². The van der Waals surface area contributed by atoms with E-state index in [2.05, 4.69) is 5.32 Å². The van der Waals surface area contributed by atoms with Gasteiger partial charge in [0.25, 0.3) is 5.91 Å². The van der Waals surface area contributed by atoms with Gasteiger partial charge in [0.2, 0.25) is 11.8 Å². The van der Waals surface area contributed by atoms with Gasteiger partial charge in [0.1, 0.15) is 18.2 Å². The summed E-state index contributed by atoms with van der Waals surface area (Å²) in [5, 5.41) is 5.18. The van der Waals surface area contributed by atoms with Crippen molar-refractivity contribution < 1.29 is 42.3 Å². The number of benzene rings is 4. The van der Waals surface area contributed by atoms with Crippen LogP contribution >= 0.6 is 18.9 Å². The predicted molar refractivity (Wildman–Crippen MR) is 202 cm³/mol. The van der Waals surface area contributed by atoms with Crippen molar-refractivity contribution in [3.63, 3.8) is 0 Å². The van der Waals surface area contributed by atoms with Crippen LogP contribution in [0.5, 0.6) is 0 Å². The highest BCUT2D eigenvalue weighted by Crippen LogP contribution is 2.59. The van der Waals surface area contributed by atoms with Crippen LogP contribution in [0.25, 0.3) is 20.9 Å². The first kappa shape index (κ1) is 37.8. The highest BCUT2D eigenvalue weighted by molar-refractivity contribution is 7.52. The fourth-order valence-electron chi connectivity index (χ4n) is 7.28. The number of carbonyl (C=O) groups is 3. The number of rotatable bonds is 7. The summed E-state index contributed by atoms with van der Waals surface area (Å²) in [6.45, 7) is 6.57. The lowest BCUT2D eigenvalue weighted by Crippen LogP contribution is -2.61. The molecule has 14 heteroatoms. The Labute approximate surface area is 314 Å². The minimum atomic E-state index is -5.80. The standard InChI is InChI=1S/C40H40F2N3O7PS/c1-39(2,3)35(43-36(46)34-21-27-19-28(15-16-33(27)54-34)40(41,42)53(49,50)51)38(48)45-22-26-11-5-4-10-25(26)20-31(45)37(47)44-17-18-52-32(23-44)30-14-8-12-24-9-6-7-13-29(24)30/h4-16,19,21,31-32,35H,17-18,20,22-23H2,1-3H3,(H,43,46)(H2,49,50,51)/t31-,32?,35?/m0/s1. The largest absolute Gasteiger partial charge is 0.399 e. The number of thiophene rings is 1. The van der Waals surface area contributed by atoms with Gasteiger partial charge in [-0.15, -0.1) is 11.3 Å². The maximum atomic E-state index is 14.7. The molecule has 1 saturated heterocycles. The number of carbonyl (C=O) groups excluding carboxylic acids is 3. The lowest BCUT2D eigenvalue weighted by atomic mass is 9.84. The molecular weight excluding hydrogens is 735 g/mol. The molecule has 2 unspecified atom stereocenters. The number of hydrogen-bond acceptors (Lipinski definition) is 6. The van der Waals surface area contributed by atoms with E-state index in [1.54, 1.807) is 9.80 Å². The van der Waals surface area contributed by atoms with Crippen LogP contribution in [-0.4, -0.2) is 69.1 Å². The second kappa shape index (κ2) is 14.3. The van der Waals surface area contributed by atoms with Gasteiger partial charge in [-0.25, -0.2) is 0 Å². The first-order valence-corrected chi connectivity index (χ1v) is 20.0. The highest BCUT2D eigenvalue weighted by atomic mass is 32.1. The number of halogens is 2. The molecule has 5 aromatic rings. The molecule has 0 radical (unpaired) electrons. The Hall–Kier alpha value is -4.52. The van der Waals surface area contributed by atoms with Gasteiger partial charge in [-0.1, -0.05) is 93.6 Å². The molecule has 0 saturated carbocycles. The van der Waals surface area contributed by atoms with Crippen LogP contribution in [0.4, 0.5) is 8.78 Å². The van der Waals surface area contributed by atoms with Crippen LogP contribution in [0.1, 0.15) is 58.8 Å². The summed E-state index contributed by atoms with van der Waals surface area (Å²) in [6.07, 6.45) is -0.0735. The third-order valence-electron chi connectivity index (χ3n) is 10.2. The molecule has 3 heterocycles. The summed E-state index contributed by atoms with van der Waals surface area (Å²) in [6, 6.07) is 24.3. The highest BCUT2D eigenvalue weighted by Gasteiger charge is 2.50. The van der Waals surface area contributed by atoms with Crippen LogP contribution in [0.15, 0.2) is 91.0 Å². The van der Waals surface area contributed by atoms with E-state index >= 15 is 0 Å². The van der Waals surface area contributed by atoms with Crippen LogP contribution in [0.3, 0.4) is 0 Å². The molecule has 54 heavy (non-hydrogen) atoms. The molecule has 3 N–H and O–H groups in total. The predicted octanol–water partition coefficient (Wildman–Crippen LogP) is 6.98. The Kier molecular flexibility index (Phi) is 9.99. The first-order chi connectivity index (χ1) is 25.5. The van der Waals surface area contributed by atoms with Gasteiger partial charge in [0.15, 0.2) is 0 Å². The molecule has 0 aliphatic carbocycles. The van der Waals surface area contributed by atoms with Crippen molar-refractivity contribution in [2.45, 2.75) is 57.6 Å². The number of amides is 3. The van der Waals surface area contributed by atoms with Crippen molar-refractivity contribution in [1.82, 2.24) is 15.1 Å². The molecule has 3 atom stereocenters. The van der Waals surface area contributed by atoms with Gasteiger partial charge >= 0.3 is 13.3 Å². The number of morpholine rings is 1. The Morgan fingerprint density at radius 2 is 1.63 bits per heavy atom.